The van der Waals surface area contributed by atoms with E-state index >= 15 is 0 Å². The smallest absolute Gasteiger partial charge is 0.287 e. The van der Waals surface area contributed by atoms with Crippen molar-refractivity contribution in [3.8, 4) is 0 Å². The second-order valence-electron chi connectivity index (χ2n) is 15.0. The monoisotopic (exact) mass is 766 g/mol. The molecule has 0 bridgehead atoms. The standard InChI is InChI=1S/C36H43FN8O8S/c1-35(2,51)29-19-40-43-45(29)25-17-28(33(49)42-36(30(46)31(38)47)10-12-54(52,53)13-11-36)44(20-25)34(50)27(14-21-6-4-3-5-7-21)41-32(48)23-15-22-8-9-24(37)16-26(22)39-18-23/h8-9,15-16,18-19,21,25,28,51H,3-7,10-14,17,20H2,1-2H3,(H2,38,47)(H,42,49)/b41-27+/t25-,28-/m0/s1. The molecule has 1 aliphatic carbocycles. The third-order valence-corrected chi connectivity index (χ3v) is 12.3. The molecule has 4 heterocycles. The number of nitrogens with zero attached hydrogens (tertiary/aromatic N) is 6. The summed E-state index contributed by atoms with van der Waals surface area (Å²) < 4.78 is 39.8. The van der Waals surface area contributed by atoms with Crippen LogP contribution >= 0.6 is 0 Å². The maximum Gasteiger partial charge on any atom is 0.287 e. The number of amides is 4. The van der Waals surface area contributed by atoms with Gasteiger partial charge in [0.15, 0.2) is 9.84 Å². The summed E-state index contributed by atoms with van der Waals surface area (Å²) in [6.45, 7) is 2.91. The molecule has 1 aromatic carbocycles. The van der Waals surface area contributed by atoms with E-state index in [1.807, 2.05) is 0 Å². The number of carbonyl (C=O) groups is 5. The highest BCUT2D eigenvalue weighted by Gasteiger charge is 2.50. The number of pyridine rings is 1. The number of aromatic nitrogens is 4. The molecule has 18 heteroatoms. The van der Waals surface area contributed by atoms with Crippen LogP contribution < -0.4 is 11.1 Å². The van der Waals surface area contributed by atoms with Gasteiger partial charge in [0, 0.05) is 30.6 Å². The number of Topliss-reactive ketones (excluding diaryl/α,β-unsaturated/α-hetero) is 1. The first-order chi connectivity index (χ1) is 25.5. The number of primary amides is 1. The van der Waals surface area contributed by atoms with Crippen molar-refractivity contribution >= 4 is 55.9 Å². The summed E-state index contributed by atoms with van der Waals surface area (Å²) in [5.74, 6) is -6.26. The van der Waals surface area contributed by atoms with Gasteiger partial charge in [-0.25, -0.2) is 22.5 Å². The Morgan fingerprint density at radius 1 is 1.07 bits per heavy atom. The number of aliphatic hydroxyl groups is 1. The molecule has 4 amide bonds. The molecule has 288 valence electrons. The molecule has 0 spiro atoms. The highest BCUT2D eigenvalue weighted by Crippen LogP contribution is 2.34. The maximum absolute atomic E-state index is 14.7. The van der Waals surface area contributed by atoms with E-state index in [0.29, 0.717) is 16.6 Å². The summed E-state index contributed by atoms with van der Waals surface area (Å²) in [6.07, 6.45) is 6.36. The van der Waals surface area contributed by atoms with E-state index in [1.165, 1.54) is 60.1 Å². The van der Waals surface area contributed by atoms with Crippen LogP contribution in [-0.2, 0) is 34.6 Å². The molecule has 2 atom stereocenters. The fourth-order valence-electron chi connectivity index (χ4n) is 7.68. The molecule has 3 aliphatic rings. The fraction of sp³-hybridized carbons (Fsp3) is 0.528. The number of fused-ring (bicyclic) bond motifs is 1. The van der Waals surface area contributed by atoms with Crippen LogP contribution in [0.25, 0.3) is 10.9 Å². The third kappa shape index (κ3) is 8.23. The Bertz CT molecular complexity index is 2130. The van der Waals surface area contributed by atoms with Gasteiger partial charge in [0.25, 0.3) is 17.7 Å². The zero-order chi connectivity index (χ0) is 39.0. The van der Waals surface area contributed by atoms with Crippen LogP contribution in [-0.4, -0.2) is 103 Å². The van der Waals surface area contributed by atoms with E-state index < -0.39 is 92.6 Å². The van der Waals surface area contributed by atoms with Crippen molar-refractivity contribution in [3.05, 3.63) is 53.7 Å². The van der Waals surface area contributed by atoms with Gasteiger partial charge in [-0.1, -0.05) is 37.3 Å². The molecule has 2 aromatic heterocycles. The molecule has 54 heavy (non-hydrogen) atoms. The summed E-state index contributed by atoms with van der Waals surface area (Å²) in [7, 11) is -3.55. The number of benzene rings is 1. The second kappa shape index (κ2) is 15.0. The molecule has 2 aliphatic heterocycles. The van der Waals surface area contributed by atoms with Gasteiger partial charge in [0.1, 0.15) is 28.7 Å². The minimum absolute atomic E-state index is 0.0235. The van der Waals surface area contributed by atoms with Crippen LogP contribution in [0.3, 0.4) is 0 Å². The van der Waals surface area contributed by atoms with Gasteiger partial charge in [-0.3, -0.25) is 29.0 Å². The second-order valence-corrected chi connectivity index (χ2v) is 17.3. The van der Waals surface area contributed by atoms with Crippen molar-refractivity contribution in [2.45, 2.75) is 94.9 Å². The van der Waals surface area contributed by atoms with Gasteiger partial charge in [-0.15, -0.1) is 5.10 Å². The summed E-state index contributed by atoms with van der Waals surface area (Å²) in [4.78, 5) is 77.9. The zero-order valence-electron chi connectivity index (χ0n) is 30.0. The number of rotatable bonds is 10. The van der Waals surface area contributed by atoms with E-state index in [2.05, 4.69) is 25.6 Å². The van der Waals surface area contributed by atoms with Crippen LogP contribution in [0.1, 0.15) is 93.7 Å². The number of aliphatic imine (C=N–C) groups is 1. The summed E-state index contributed by atoms with van der Waals surface area (Å²) in [5.41, 5.74) is 2.62. The third-order valence-electron chi connectivity index (χ3n) is 10.7. The van der Waals surface area contributed by atoms with Crippen molar-refractivity contribution < 1.29 is 41.9 Å². The zero-order valence-corrected chi connectivity index (χ0v) is 30.8. The lowest BCUT2D eigenvalue weighted by Gasteiger charge is -2.37. The number of halogens is 1. The molecular formula is C36H43FN8O8S. The number of likely N-dealkylation sites (tertiary alicyclic amines) is 1. The van der Waals surface area contributed by atoms with Crippen LogP contribution in [0.4, 0.5) is 4.39 Å². The van der Waals surface area contributed by atoms with E-state index in [4.69, 9.17) is 5.73 Å². The van der Waals surface area contributed by atoms with E-state index in [1.54, 1.807) is 0 Å². The van der Waals surface area contributed by atoms with E-state index in [0.717, 1.165) is 32.1 Å². The van der Waals surface area contributed by atoms with Gasteiger partial charge >= 0.3 is 0 Å². The lowest BCUT2D eigenvalue weighted by atomic mass is 9.85. The minimum atomic E-state index is -3.55. The molecule has 1 saturated carbocycles. The van der Waals surface area contributed by atoms with Gasteiger partial charge in [-0.05, 0) is 57.2 Å². The first kappa shape index (κ1) is 38.7. The van der Waals surface area contributed by atoms with Crippen molar-refractivity contribution in [2.75, 3.05) is 18.1 Å². The number of carbonyl (C=O) groups excluding carboxylic acids is 5. The Labute approximate surface area is 310 Å². The normalized spacial score (nSPS) is 21.9. The van der Waals surface area contributed by atoms with Gasteiger partial charge < -0.3 is 21.1 Å². The largest absolute Gasteiger partial charge is 0.384 e. The molecular weight excluding hydrogens is 724 g/mol. The number of sulfone groups is 1. The average Bonchev–Trinajstić information content (AvgIpc) is 3.81. The minimum Gasteiger partial charge on any atom is -0.384 e. The molecule has 0 radical (unpaired) electrons. The summed E-state index contributed by atoms with van der Waals surface area (Å²) >= 11 is 0. The van der Waals surface area contributed by atoms with Crippen molar-refractivity contribution in [1.29, 1.82) is 0 Å². The number of hydrogen-bond acceptors (Lipinski definition) is 11. The van der Waals surface area contributed by atoms with Gasteiger partial charge in [0.2, 0.25) is 11.7 Å². The Balaban J connectivity index is 1.38. The van der Waals surface area contributed by atoms with Gasteiger partial charge in [-0.2, -0.15) is 0 Å². The number of ketones is 1. The Morgan fingerprint density at radius 3 is 2.44 bits per heavy atom. The van der Waals surface area contributed by atoms with E-state index in [9.17, 15) is 41.9 Å². The molecule has 4 N–H and O–H groups in total. The SMILES string of the molecule is CC(C)(O)c1cnnn1[C@H]1C[C@@H](C(=O)NC2(C(=O)C(N)=O)CCS(=O)(=O)CC2)N(C(=O)/C(CC2CCCCC2)=N/C(=O)c2cnc3cc(F)ccc3c2)C1. The summed E-state index contributed by atoms with van der Waals surface area (Å²) in [5, 5.41) is 22.1. The number of hydrogen-bond donors (Lipinski definition) is 3. The molecule has 2 saturated heterocycles. The van der Waals surface area contributed by atoms with Crippen LogP contribution in [0.15, 0.2) is 41.7 Å². The first-order valence-corrected chi connectivity index (χ1v) is 19.8. The lowest BCUT2D eigenvalue weighted by Crippen LogP contribution is -2.64. The molecule has 3 fully saturated rings. The van der Waals surface area contributed by atoms with Gasteiger partial charge in [0.05, 0.1) is 40.5 Å². The molecule has 16 nitrogen and oxygen atoms in total. The highest BCUT2D eigenvalue weighted by molar-refractivity contribution is 7.91. The Kier molecular flexibility index (Phi) is 10.8. The van der Waals surface area contributed by atoms with E-state index in [-0.39, 0.29) is 36.6 Å². The lowest BCUT2D eigenvalue weighted by molar-refractivity contribution is -0.143. The molecule has 0 unspecified atom stereocenters. The topological polar surface area (TPSA) is 237 Å². The predicted octanol–water partition coefficient (Wildman–Crippen LogP) is 1.70. The molecule has 3 aromatic rings. The summed E-state index contributed by atoms with van der Waals surface area (Å²) in [6, 6.07) is 3.40. The quantitative estimate of drug-likeness (QED) is 0.198. The number of nitrogens with two attached hydrogens (primary N) is 1. The average molecular weight is 767 g/mol. The van der Waals surface area contributed by atoms with Crippen molar-refractivity contribution in [2.24, 2.45) is 16.6 Å². The number of nitrogens with one attached hydrogen (secondary N) is 1. The Hall–Kier alpha value is -4.97. The van der Waals surface area contributed by atoms with Crippen molar-refractivity contribution in [3.63, 3.8) is 0 Å². The first-order valence-electron chi connectivity index (χ1n) is 17.9. The van der Waals surface area contributed by atoms with Crippen LogP contribution in [0, 0.1) is 11.7 Å². The highest BCUT2D eigenvalue weighted by atomic mass is 32.2. The fourth-order valence-corrected chi connectivity index (χ4v) is 9.20. The predicted molar refractivity (Wildman–Crippen MR) is 192 cm³/mol. The molecule has 6 rings (SSSR count). The van der Waals surface area contributed by atoms with Crippen molar-refractivity contribution in [1.82, 2.24) is 30.2 Å². The van der Waals surface area contributed by atoms with Crippen LogP contribution in [0.2, 0.25) is 0 Å². The van der Waals surface area contributed by atoms with Crippen LogP contribution in [0.5, 0.6) is 0 Å². The maximum atomic E-state index is 14.7. The Morgan fingerprint density at radius 2 is 1.78 bits per heavy atom.